The molecule has 1 fully saturated rings. The fourth-order valence-corrected chi connectivity index (χ4v) is 2.54. The van der Waals surface area contributed by atoms with Gasteiger partial charge < -0.3 is 5.21 Å². The average molecular weight is 149 g/mol. The van der Waals surface area contributed by atoms with Gasteiger partial charge in [0.2, 0.25) is 0 Å². The van der Waals surface area contributed by atoms with Crippen molar-refractivity contribution in [3.05, 3.63) is 0 Å². The molecule has 2 nitrogen and oxygen atoms in total. The maximum atomic E-state index is 8.24. The van der Waals surface area contributed by atoms with Crippen molar-refractivity contribution in [2.24, 2.45) is 5.16 Å². The first-order valence-corrected chi connectivity index (χ1v) is 4.49. The van der Waals surface area contributed by atoms with Gasteiger partial charge in [-0.15, -0.1) is 11.8 Å². The van der Waals surface area contributed by atoms with E-state index in [0.717, 1.165) is 16.5 Å². The molecule has 0 aromatic heterocycles. The molecule has 1 N–H and O–H groups in total. The van der Waals surface area contributed by atoms with E-state index in [1.807, 2.05) is 11.8 Å². The molecule has 0 aliphatic carbocycles. The summed E-state index contributed by atoms with van der Waals surface area (Å²) >= 11 is 3.46. The van der Waals surface area contributed by atoms with E-state index in [1.165, 1.54) is 5.75 Å². The maximum absolute atomic E-state index is 8.24. The fourth-order valence-electron chi connectivity index (χ4n) is 0.477. The zero-order chi connectivity index (χ0) is 5.82. The van der Waals surface area contributed by atoms with Gasteiger partial charge in [0.25, 0.3) is 0 Å². The van der Waals surface area contributed by atoms with Crippen LogP contribution in [0.2, 0.25) is 0 Å². The van der Waals surface area contributed by atoms with Crippen LogP contribution >= 0.6 is 23.5 Å². The van der Waals surface area contributed by atoms with Crippen molar-refractivity contribution in [3.63, 3.8) is 0 Å². The summed E-state index contributed by atoms with van der Waals surface area (Å²) in [6.07, 6.45) is 0. The molecule has 0 atom stereocenters. The number of hydrogen-bond acceptors (Lipinski definition) is 4. The summed E-state index contributed by atoms with van der Waals surface area (Å²) in [5.74, 6) is 3.16. The Morgan fingerprint density at radius 3 is 2.75 bits per heavy atom. The first-order valence-electron chi connectivity index (χ1n) is 2.35. The predicted octanol–water partition coefficient (Wildman–Crippen LogP) is 1.25. The van der Waals surface area contributed by atoms with E-state index >= 15 is 0 Å². The van der Waals surface area contributed by atoms with Crippen LogP contribution in [0.25, 0.3) is 0 Å². The Bertz CT molecular complexity index is 96.2. The van der Waals surface area contributed by atoms with E-state index in [-0.39, 0.29) is 0 Å². The van der Waals surface area contributed by atoms with Crippen LogP contribution in [0, 0.1) is 0 Å². The number of oxime groups is 1. The zero-order valence-corrected chi connectivity index (χ0v) is 5.97. The molecule has 8 heavy (non-hydrogen) atoms. The minimum absolute atomic E-state index is 0.862. The van der Waals surface area contributed by atoms with Gasteiger partial charge in [0.1, 0.15) is 5.04 Å². The van der Waals surface area contributed by atoms with Crippen molar-refractivity contribution < 1.29 is 5.21 Å². The average Bonchev–Trinajstić information content (AvgIpc) is 1.90. The standard InChI is InChI=1S/C4H7NOS2/c6-5-4-3-7-1-2-8-4/h6H,1-3H2/b5-4-. The lowest BCUT2D eigenvalue weighted by Crippen LogP contribution is -2.06. The highest BCUT2D eigenvalue weighted by Crippen LogP contribution is 2.18. The van der Waals surface area contributed by atoms with Gasteiger partial charge in [-0.3, -0.25) is 0 Å². The maximum Gasteiger partial charge on any atom is 0.122 e. The van der Waals surface area contributed by atoms with E-state index in [2.05, 4.69) is 5.16 Å². The van der Waals surface area contributed by atoms with Crippen molar-refractivity contribution in [1.82, 2.24) is 0 Å². The van der Waals surface area contributed by atoms with Gasteiger partial charge in [0.05, 0.1) is 0 Å². The third-order valence-electron chi connectivity index (χ3n) is 0.833. The molecule has 0 spiro atoms. The molecule has 0 bridgehead atoms. The molecule has 1 saturated heterocycles. The summed E-state index contributed by atoms with van der Waals surface area (Å²) < 4.78 is 0. The minimum Gasteiger partial charge on any atom is -0.410 e. The molecule has 0 radical (unpaired) electrons. The second-order valence-corrected chi connectivity index (χ2v) is 3.67. The molecule has 46 valence electrons. The predicted molar refractivity (Wildman–Crippen MR) is 39.0 cm³/mol. The Kier molecular flexibility index (Phi) is 2.55. The first-order chi connectivity index (χ1) is 3.93. The van der Waals surface area contributed by atoms with Gasteiger partial charge in [-0.05, 0) is 0 Å². The van der Waals surface area contributed by atoms with Crippen LogP contribution < -0.4 is 0 Å². The number of rotatable bonds is 0. The van der Waals surface area contributed by atoms with E-state index in [4.69, 9.17) is 5.21 Å². The molecule has 0 aromatic rings. The molecule has 1 aliphatic heterocycles. The van der Waals surface area contributed by atoms with Crippen molar-refractivity contribution in [1.29, 1.82) is 0 Å². The van der Waals surface area contributed by atoms with Crippen LogP contribution in [0.15, 0.2) is 5.16 Å². The summed E-state index contributed by atoms with van der Waals surface area (Å²) in [6.45, 7) is 0. The highest BCUT2D eigenvalue weighted by Gasteiger charge is 2.06. The molecule has 0 amide bonds. The lowest BCUT2D eigenvalue weighted by atomic mass is 10.9. The SMILES string of the molecule is O/N=C1/CSCCS1. The van der Waals surface area contributed by atoms with Crippen LogP contribution in [0.1, 0.15) is 0 Å². The largest absolute Gasteiger partial charge is 0.410 e. The van der Waals surface area contributed by atoms with Crippen LogP contribution in [0.3, 0.4) is 0 Å². The monoisotopic (exact) mass is 149 g/mol. The van der Waals surface area contributed by atoms with Gasteiger partial charge >= 0.3 is 0 Å². The quantitative estimate of drug-likeness (QED) is 0.415. The van der Waals surface area contributed by atoms with E-state index in [0.29, 0.717) is 0 Å². The van der Waals surface area contributed by atoms with E-state index in [9.17, 15) is 0 Å². The first kappa shape index (κ1) is 6.29. The van der Waals surface area contributed by atoms with Gasteiger partial charge in [0, 0.05) is 17.3 Å². The van der Waals surface area contributed by atoms with Crippen molar-refractivity contribution in [2.45, 2.75) is 0 Å². The van der Waals surface area contributed by atoms with E-state index < -0.39 is 0 Å². The number of nitrogens with zero attached hydrogens (tertiary/aromatic N) is 1. The van der Waals surface area contributed by atoms with Gasteiger partial charge in [-0.1, -0.05) is 5.16 Å². The smallest absolute Gasteiger partial charge is 0.122 e. The molecule has 1 aliphatic rings. The molecule has 0 saturated carbocycles. The zero-order valence-electron chi connectivity index (χ0n) is 4.33. The lowest BCUT2D eigenvalue weighted by molar-refractivity contribution is 0.320. The van der Waals surface area contributed by atoms with E-state index in [1.54, 1.807) is 11.8 Å². The molecule has 0 unspecified atom stereocenters. The number of hydrogen-bond donors (Lipinski definition) is 1. The van der Waals surface area contributed by atoms with Crippen LogP contribution in [0.5, 0.6) is 0 Å². The molecular weight excluding hydrogens is 142 g/mol. The second-order valence-electron chi connectivity index (χ2n) is 1.39. The van der Waals surface area contributed by atoms with Crippen molar-refractivity contribution in [2.75, 3.05) is 17.3 Å². The molecule has 0 aromatic carbocycles. The van der Waals surface area contributed by atoms with Crippen LogP contribution in [-0.2, 0) is 0 Å². The lowest BCUT2D eigenvalue weighted by Gasteiger charge is -2.08. The summed E-state index contributed by atoms with van der Waals surface area (Å²) in [5.41, 5.74) is 0. The van der Waals surface area contributed by atoms with Crippen molar-refractivity contribution in [3.8, 4) is 0 Å². The number of thioether (sulfide) groups is 2. The highest BCUT2D eigenvalue weighted by molar-refractivity contribution is 8.18. The third-order valence-corrected chi connectivity index (χ3v) is 3.21. The summed E-state index contributed by atoms with van der Waals surface area (Å²) in [5, 5.41) is 12.2. The Morgan fingerprint density at radius 2 is 2.38 bits per heavy atom. The third kappa shape index (κ3) is 1.59. The Morgan fingerprint density at radius 1 is 1.50 bits per heavy atom. The fraction of sp³-hybridized carbons (Fsp3) is 0.750. The topological polar surface area (TPSA) is 32.6 Å². The Labute approximate surface area is 56.7 Å². The normalized spacial score (nSPS) is 26.2. The van der Waals surface area contributed by atoms with Crippen LogP contribution in [0.4, 0.5) is 0 Å². The Hall–Kier alpha value is 0.170. The molecule has 4 heteroatoms. The highest BCUT2D eigenvalue weighted by atomic mass is 32.2. The second kappa shape index (κ2) is 3.25. The van der Waals surface area contributed by atoms with Gasteiger partial charge in [-0.25, -0.2) is 0 Å². The van der Waals surface area contributed by atoms with Crippen LogP contribution in [-0.4, -0.2) is 27.5 Å². The molecular formula is C4H7NOS2. The molecule has 1 heterocycles. The minimum atomic E-state index is 0.862. The van der Waals surface area contributed by atoms with Crippen molar-refractivity contribution >= 4 is 28.6 Å². The summed E-state index contributed by atoms with van der Waals surface area (Å²) in [7, 11) is 0. The van der Waals surface area contributed by atoms with Gasteiger partial charge in [0.15, 0.2) is 0 Å². The Balaban J connectivity index is 2.33. The summed E-state index contributed by atoms with van der Waals surface area (Å²) in [4.78, 5) is 0. The molecule has 1 rings (SSSR count). The van der Waals surface area contributed by atoms with Gasteiger partial charge in [-0.2, -0.15) is 11.8 Å². The summed E-state index contributed by atoms with van der Waals surface area (Å²) in [6, 6.07) is 0.